The highest BCUT2D eigenvalue weighted by atomic mass is 35.5. The van der Waals surface area contributed by atoms with Gasteiger partial charge in [0.25, 0.3) is 0 Å². The van der Waals surface area contributed by atoms with Crippen LogP contribution in [0.3, 0.4) is 0 Å². The van der Waals surface area contributed by atoms with E-state index < -0.39 is 29.0 Å². The van der Waals surface area contributed by atoms with Crippen LogP contribution in [0.2, 0.25) is 10.0 Å². The van der Waals surface area contributed by atoms with Crippen molar-refractivity contribution in [1.29, 1.82) is 0 Å². The number of alkyl halides is 3. The molecule has 0 unspecified atom stereocenters. The SMILES string of the molecule is CC(C)(C#Cc1ccc(NC(=O)CSc2nnnn2-c2cc(C(F)(F)F)ccc2Cl)c(Cl)c1)C(=O)O. The fraction of sp³-hybridized carbons (Fsp3) is 0.227. The Kier molecular flexibility index (Phi) is 8.18. The average Bonchev–Trinajstić information content (AvgIpc) is 3.26. The van der Waals surface area contributed by atoms with Gasteiger partial charge in [-0.3, -0.25) is 9.59 Å². The number of carbonyl (C=O) groups is 2. The third-order valence-corrected chi connectivity index (χ3v) is 6.12. The number of carboxylic acid groups (broad SMARTS) is 1. The minimum absolute atomic E-state index is 0.0108. The van der Waals surface area contributed by atoms with Gasteiger partial charge in [0.2, 0.25) is 11.1 Å². The molecule has 3 rings (SSSR count). The number of hydrogen-bond donors (Lipinski definition) is 2. The molecule has 2 aromatic carbocycles. The Balaban J connectivity index is 1.69. The molecule has 188 valence electrons. The number of rotatable bonds is 6. The smallest absolute Gasteiger partial charge is 0.416 e. The van der Waals surface area contributed by atoms with E-state index in [1.54, 1.807) is 6.07 Å². The molecule has 0 fully saturated rings. The molecule has 1 aromatic heterocycles. The number of amides is 1. The van der Waals surface area contributed by atoms with Crippen LogP contribution >= 0.6 is 35.0 Å². The van der Waals surface area contributed by atoms with Crippen molar-refractivity contribution in [3.63, 3.8) is 0 Å². The standard InChI is InChI=1S/C22H16Cl2F3N5O3S/c1-21(2,19(34)35)8-7-12-3-6-16(15(24)9-12)28-18(33)11-36-20-29-30-31-32(20)17-10-13(22(25,26)27)4-5-14(17)23/h3-6,9-10H,11H2,1-2H3,(H,28,33)(H,34,35). The van der Waals surface area contributed by atoms with Gasteiger partial charge >= 0.3 is 12.1 Å². The molecule has 0 radical (unpaired) electrons. The molecular formula is C22H16Cl2F3N5O3S. The molecule has 0 saturated heterocycles. The van der Waals surface area contributed by atoms with Gasteiger partial charge in [0, 0.05) is 5.56 Å². The van der Waals surface area contributed by atoms with Crippen molar-refractivity contribution in [2.75, 3.05) is 11.1 Å². The summed E-state index contributed by atoms with van der Waals surface area (Å²) in [5.41, 5.74) is -1.53. The first-order valence-corrected chi connectivity index (χ1v) is 11.7. The quantitative estimate of drug-likeness (QED) is 0.317. The predicted molar refractivity (Wildman–Crippen MR) is 128 cm³/mol. The minimum Gasteiger partial charge on any atom is -0.480 e. The van der Waals surface area contributed by atoms with Crippen LogP contribution in [0.5, 0.6) is 0 Å². The van der Waals surface area contributed by atoms with Gasteiger partial charge in [0.15, 0.2) is 0 Å². The van der Waals surface area contributed by atoms with Crippen molar-refractivity contribution in [3.8, 4) is 17.5 Å². The summed E-state index contributed by atoms with van der Waals surface area (Å²) in [5, 5.41) is 22.8. The van der Waals surface area contributed by atoms with Crippen molar-refractivity contribution in [2.45, 2.75) is 25.2 Å². The summed E-state index contributed by atoms with van der Waals surface area (Å²) >= 11 is 13.1. The highest BCUT2D eigenvalue weighted by Crippen LogP contribution is 2.34. The van der Waals surface area contributed by atoms with E-state index in [9.17, 15) is 22.8 Å². The monoisotopic (exact) mass is 557 g/mol. The third kappa shape index (κ3) is 6.69. The van der Waals surface area contributed by atoms with Gasteiger partial charge in [-0.15, -0.1) is 5.10 Å². The van der Waals surface area contributed by atoms with E-state index in [1.165, 1.54) is 26.0 Å². The lowest BCUT2D eigenvalue weighted by Crippen LogP contribution is -2.21. The van der Waals surface area contributed by atoms with Crippen molar-refractivity contribution in [3.05, 3.63) is 57.6 Å². The van der Waals surface area contributed by atoms with Crippen LogP contribution in [-0.4, -0.2) is 42.9 Å². The van der Waals surface area contributed by atoms with Gasteiger partial charge < -0.3 is 10.4 Å². The Morgan fingerprint density at radius 2 is 1.86 bits per heavy atom. The summed E-state index contributed by atoms with van der Waals surface area (Å²) in [6, 6.07) is 7.28. The summed E-state index contributed by atoms with van der Waals surface area (Å²) in [5.74, 6) is 3.63. The zero-order chi connectivity index (χ0) is 26.7. The Morgan fingerprint density at radius 1 is 1.14 bits per heavy atom. The molecule has 0 aliphatic heterocycles. The molecule has 3 aromatic rings. The second kappa shape index (κ2) is 10.8. The number of aromatic nitrogens is 4. The fourth-order valence-corrected chi connectivity index (χ4v) is 3.67. The first-order chi connectivity index (χ1) is 16.8. The van der Waals surface area contributed by atoms with E-state index in [-0.39, 0.29) is 32.3 Å². The van der Waals surface area contributed by atoms with Gasteiger partial charge in [-0.25, -0.2) is 0 Å². The molecule has 1 heterocycles. The Morgan fingerprint density at radius 3 is 2.50 bits per heavy atom. The van der Waals surface area contributed by atoms with E-state index in [0.717, 1.165) is 34.6 Å². The highest BCUT2D eigenvalue weighted by Gasteiger charge is 2.31. The summed E-state index contributed by atoms with van der Waals surface area (Å²) < 4.78 is 40.3. The van der Waals surface area contributed by atoms with Gasteiger partial charge in [-0.2, -0.15) is 17.9 Å². The number of hydrogen-bond acceptors (Lipinski definition) is 6. The number of aliphatic carboxylic acids is 1. The summed E-state index contributed by atoms with van der Waals surface area (Å²) in [6.45, 7) is 2.93. The topological polar surface area (TPSA) is 110 Å². The average molecular weight is 558 g/mol. The number of carbonyl (C=O) groups excluding carboxylic acids is 1. The van der Waals surface area contributed by atoms with Crippen molar-refractivity contribution < 1.29 is 27.9 Å². The van der Waals surface area contributed by atoms with Crippen LogP contribution < -0.4 is 5.32 Å². The van der Waals surface area contributed by atoms with E-state index >= 15 is 0 Å². The van der Waals surface area contributed by atoms with Crippen LogP contribution in [0.15, 0.2) is 41.6 Å². The van der Waals surface area contributed by atoms with Crippen LogP contribution in [0.4, 0.5) is 18.9 Å². The van der Waals surface area contributed by atoms with Crippen LogP contribution in [0.1, 0.15) is 25.0 Å². The van der Waals surface area contributed by atoms with Crippen molar-refractivity contribution in [2.24, 2.45) is 5.41 Å². The van der Waals surface area contributed by atoms with Crippen LogP contribution in [-0.2, 0) is 15.8 Å². The summed E-state index contributed by atoms with van der Waals surface area (Å²) in [7, 11) is 0. The maximum absolute atomic E-state index is 13.1. The molecule has 0 spiro atoms. The van der Waals surface area contributed by atoms with Gasteiger partial charge in [-0.1, -0.05) is 46.8 Å². The zero-order valence-electron chi connectivity index (χ0n) is 18.5. The van der Waals surface area contributed by atoms with E-state index in [1.807, 2.05) is 0 Å². The molecule has 0 aliphatic carbocycles. The largest absolute Gasteiger partial charge is 0.480 e. The molecule has 0 saturated carbocycles. The number of halogens is 5. The number of anilines is 1. The van der Waals surface area contributed by atoms with Gasteiger partial charge in [0.1, 0.15) is 5.41 Å². The molecule has 0 aliphatic rings. The Labute approximate surface area is 217 Å². The first kappa shape index (κ1) is 27.3. The van der Waals surface area contributed by atoms with Crippen molar-refractivity contribution in [1.82, 2.24) is 20.2 Å². The van der Waals surface area contributed by atoms with Crippen LogP contribution in [0, 0.1) is 17.3 Å². The van der Waals surface area contributed by atoms with Gasteiger partial charge in [0.05, 0.1) is 32.7 Å². The fourth-order valence-electron chi connectivity index (χ4n) is 2.56. The lowest BCUT2D eigenvalue weighted by Gasteiger charge is -2.11. The third-order valence-electron chi connectivity index (χ3n) is 4.57. The number of benzene rings is 2. The maximum atomic E-state index is 13.1. The number of nitrogens with one attached hydrogen (secondary N) is 1. The minimum atomic E-state index is -4.59. The van der Waals surface area contributed by atoms with E-state index in [2.05, 4.69) is 32.7 Å². The highest BCUT2D eigenvalue weighted by molar-refractivity contribution is 7.99. The lowest BCUT2D eigenvalue weighted by atomic mass is 9.94. The van der Waals surface area contributed by atoms with Gasteiger partial charge in [-0.05, 0) is 60.7 Å². The molecule has 0 atom stereocenters. The second-order valence-electron chi connectivity index (χ2n) is 7.75. The Hall–Kier alpha value is -3.27. The maximum Gasteiger partial charge on any atom is 0.416 e. The molecular weight excluding hydrogens is 542 g/mol. The number of thioether (sulfide) groups is 1. The number of tetrazole rings is 1. The van der Waals surface area contributed by atoms with E-state index in [0.29, 0.717) is 5.56 Å². The molecule has 1 amide bonds. The molecule has 2 N–H and O–H groups in total. The van der Waals surface area contributed by atoms with Crippen LogP contribution in [0.25, 0.3) is 5.69 Å². The number of carboxylic acids is 1. The van der Waals surface area contributed by atoms with E-state index in [4.69, 9.17) is 28.3 Å². The predicted octanol–water partition coefficient (Wildman–Crippen LogP) is 5.18. The number of nitrogens with zero attached hydrogens (tertiary/aromatic N) is 4. The lowest BCUT2D eigenvalue weighted by molar-refractivity contribution is -0.143. The normalized spacial score (nSPS) is 11.5. The molecule has 14 heteroatoms. The molecule has 0 bridgehead atoms. The summed E-state index contributed by atoms with van der Waals surface area (Å²) in [6.07, 6.45) is -4.59. The Bertz CT molecular complexity index is 1380. The molecule has 8 nitrogen and oxygen atoms in total. The summed E-state index contributed by atoms with van der Waals surface area (Å²) in [4.78, 5) is 23.6. The van der Waals surface area contributed by atoms with Crippen molar-refractivity contribution >= 4 is 52.5 Å². The molecule has 36 heavy (non-hydrogen) atoms. The first-order valence-electron chi connectivity index (χ1n) is 9.92. The zero-order valence-corrected chi connectivity index (χ0v) is 20.9. The second-order valence-corrected chi connectivity index (χ2v) is 9.51.